The molecular weight excluding hydrogens is 830 g/mol. The molecule has 2 atom stereocenters. The van der Waals surface area contributed by atoms with Gasteiger partial charge in [-0.15, -0.1) is 0 Å². The van der Waals surface area contributed by atoms with Crippen LogP contribution in [0.15, 0.2) is 97.2 Å². The fourth-order valence-corrected chi connectivity index (χ4v) is 7.39. The van der Waals surface area contributed by atoms with Crippen LogP contribution < -0.4 is 0 Å². The number of quaternary nitrogens is 1. The quantitative estimate of drug-likeness (QED) is 0.0214. The van der Waals surface area contributed by atoms with Crippen molar-refractivity contribution in [2.75, 3.05) is 54.1 Å². The van der Waals surface area contributed by atoms with Crippen molar-refractivity contribution in [3.63, 3.8) is 0 Å². The predicted octanol–water partition coefficient (Wildman–Crippen LogP) is 16.2. The van der Waals surface area contributed by atoms with E-state index in [2.05, 4.69) is 111 Å². The molecule has 0 aromatic rings. The molecule has 0 bridgehead atoms. The van der Waals surface area contributed by atoms with Crippen molar-refractivity contribution in [1.82, 2.24) is 0 Å². The molecule has 0 amide bonds. The molecule has 2 unspecified atom stereocenters. The number of nitrogens with zero attached hydrogens (tertiary/aromatic N) is 1. The minimum absolute atomic E-state index is 0.0772. The molecule has 0 radical (unpaired) electrons. The fraction of sp³-hybridized carbons (Fsp3) is 0.696. The van der Waals surface area contributed by atoms with Crippen molar-refractivity contribution < 1.29 is 37.3 Å². The smallest absolute Gasteiger partial charge is 0.457 e. The Morgan fingerprint density at radius 3 is 1.35 bits per heavy atom. The summed E-state index contributed by atoms with van der Waals surface area (Å²) in [5.74, 6) is -0.331. The third kappa shape index (κ3) is 52.3. The first kappa shape index (κ1) is 62.4. The van der Waals surface area contributed by atoms with Gasteiger partial charge < -0.3 is 18.9 Å². The van der Waals surface area contributed by atoms with E-state index in [4.69, 9.17) is 18.5 Å². The van der Waals surface area contributed by atoms with E-state index >= 15 is 0 Å². The third-order valence-corrected chi connectivity index (χ3v) is 11.6. The third-order valence-electron chi connectivity index (χ3n) is 10.6. The molecule has 0 spiro atoms. The number of carbonyl (C=O) groups excluding carboxylic acids is 1. The van der Waals surface area contributed by atoms with Crippen LogP contribution in [0.5, 0.6) is 0 Å². The van der Waals surface area contributed by atoms with Gasteiger partial charge in [0.2, 0.25) is 0 Å². The van der Waals surface area contributed by atoms with Crippen molar-refractivity contribution in [3.05, 3.63) is 97.2 Å². The summed E-state index contributed by atoms with van der Waals surface area (Å²) in [6.45, 7) is 5.42. The molecule has 0 saturated carbocycles. The normalized spacial score (nSPS) is 14.4. The summed E-state index contributed by atoms with van der Waals surface area (Å²) < 4.78 is 35.1. The largest absolute Gasteiger partial charge is 0.472 e. The highest BCUT2D eigenvalue weighted by Gasteiger charge is 2.26. The summed E-state index contributed by atoms with van der Waals surface area (Å²) in [5.41, 5.74) is 0. The standard InChI is InChI=1S/C56H98NO7P/c1-6-8-10-12-14-16-18-20-22-24-25-26-27-28-29-30-31-32-34-36-38-40-42-44-46-48-51-61-53-55(54-63-65(59,60)62-52-50-57(3,4)5)64-56(58)49-47-45-43-41-39-37-35-33-23-21-19-17-15-13-11-9-7-2/h8,10,14,16,20-23,25-26,28-29,31-32,36,38,55H,6-7,9,11-13,15,17-19,24,27,30,33-35,37,39-54H2,1-5H3/p+1/b10-8-,16-14-,22-20-,23-21-,26-25-,29-28-,32-31-,38-36-. The van der Waals surface area contributed by atoms with Gasteiger partial charge >= 0.3 is 13.8 Å². The number of unbranched alkanes of at least 4 members (excludes halogenated alkanes) is 17. The maximum Gasteiger partial charge on any atom is 0.472 e. The lowest BCUT2D eigenvalue weighted by molar-refractivity contribution is -0.870. The van der Waals surface area contributed by atoms with E-state index in [1.807, 2.05) is 21.1 Å². The van der Waals surface area contributed by atoms with Gasteiger partial charge in [-0.3, -0.25) is 13.8 Å². The number of carbonyl (C=O) groups is 1. The Balaban J connectivity index is 4.23. The molecule has 0 aliphatic rings. The highest BCUT2D eigenvalue weighted by atomic mass is 31.2. The van der Waals surface area contributed by atoms with Crippen molar-refractivity contribution >= 4 is 13.8 Å². The summed E-state index contributed by atoms with van der Waals surface area (Å²) in [7, 11) is 1.63. The first-order valence-corrected chi connectivity index (χ1v) is 27.5. The van der Waals surface area contributed by atoms with Gasteiger partial charge in [-0.1, -0.05) is 188 Å². The number of likely N-dealkylation sites (N-methyl/N-ethyl adjacent to an activating group) is 1. The number of ether oxygens (including phenoxy) is 2. The van der Waals surface area contributed by atoms with E-state index in [1.165, 1.54) is 77.0 Å². The van der Waals surface area contributed by atoms with Gasteiger partial charge in [0.05, 0.1) is 34.4 Å². The van der Waals surface area contributed by atoms with E-state index in [0.717, 1.165) is 96.3 Å². The van der Waals surface area contributed by atoms with Crippen LogP contribution in [0.3, 0.4) is 0 Å². The second-order valence-corrected chi connectivity index (χ2v) is 19.6. The van der Waals surface area contributed by atoms with Gasteiger partial charge in [0.1, 0.15) is 19.3 Å². The van der Waals surface area contributed by atoms with E-state index in [9.17, 15) is 14.3 Å². The number of phosphoric acid groups is 1. The highest BCUT2D eigenvalue weighted by molar-refractivity contribution is 7.47. The van der Waals surface area contributed by atoms with Crippen LogP contribution in [0.25, 0.3) is 0 Å². The molecule has 0 heterocycles. The molecule has 0 saturated heterocycles. The summed E-state index contributed by atoms with van der Waals surface area (Å²) in [5, 5.41) is 0. The lowest BCUT2D eigenvalue weighted by atomic mass is 10.1. The number of phosphoric ester groups is 1. The van der Waals surface area contributed by atoms with Crippen LogP contribution in [0.1, 0.15) is 194 Å². The van der Waals surface area contributed by atoms with E-state index in [1.54, 1.807) is 0 Å². The minimum atomic E-state index is -4.30. The summed E-state index contributed by atoms with van der Waals surface area (Å²) >= 11 is 0. The summed E-state index contributed by atoms with van der Waals surface area (Å²) in [4.78, 5) is 23.0. The van der Waals surface area contributed by atoms with Crippen molar-refractivity contribution in [2.24, 2.45) is 0 Å². The molecule has 0 rings (SSSR count). The number of allylic oxidation sites excluding steroid dienone is 16. The number of hydrogen-bond acceptors (Lipinski definition) is 6. The van der Waals surface area contributed by atoms with Gasteiger partial charge in [0.25, 0.3) is 0 Å². The zero-order valence-electron chi connectivity index (χ0n) is 42.4. The van der Waals surface area contributed by atoms with Crippen LogP contribution in [-0.2, 0) is 27.9 Å². The Hall–Kier alpha value is -2.58. The average Bonchev–Trinajstić information content (AvgIpc) is 3.27. The Labute approximate surface area is 400 Å². The van der Waals surface area contributed by atoms with Gasteiger partial charge in [-0.2, -0.15) is 0 Å². The molecule has 0 fully saturated rings. The van der Waals surface area contributed by atoms with E-state index < -0.39 is 13.9 Å². The minimum Gasteiger partial charge on any atom is -0.457 e. The summed E-state index contributed by atoms with van der Waals surface area (Å²) in [6.07, 6.45) is 66.0. The number of esters is 1. The maximum absolute atomic E-state index is 12.8. The Morgan fingerprint density at radius 1 is 0.492 bits per heavy atom. The molecular formula is C56H99NO7P+. The zero-order chi connectivity index (χ0) is 47.6. The zero-order valence-corrected chi connectivity index (χ0v) is 43.3. The van der Waals surface area contributed by atoms with Crippen LogP contribution in [0.2, 0.25) is 0 Å². The molecule has 65 heavy (non-hydrogen) atoms. The Kier molecular flexibility index (Phi) is 46.0. The van der Waals surface area contributed by atoms with Gasteiger partial charge in [0, 0.05) is 13.0 Å². The fourth-order valence-electron chi connectivity index (χ4n) is 6.64. The molecule has 9 heteroatoms. The number of hydrogen-bond donors (Lipinski definition) is 1. The average molecular weight is 929 g/mol. The second kappa shape index (κ2) is 47.9. The molecule has 1 N–H and O–H groups in total. The first-order chi connectivity index (χ1) is 31.6. The lowest BCUT2D eigenvalue weighted by Gasteiger charge is -2.24. The summed E-state index contributed by atoms with van der Waals surface area (Å²) in [6, 6.07) is 0. The van der Waals surface area contributed by atoms with E-state index in [-0.39, 0.29) is 25.8 Å². The molecule has 0 aliphatic carbocycles. The van der Waals surface area contributed by atoms with Gasteiger partial charge in [0.15, 0.2) is 0 Å². The van der Waals surface area contributed by atoms with Crippen LogP contribution in [0.4, 0.5) is 0 Å². The van der Waals surface area contributed by atoms with Crippen molar-refractivity contribution in [1.29, 1.82) is 0 Å². The van der Waals surface area contributed by atoms with Gasteiger partial charge in [-0.25, -0.2) is 4.57 Å². The first-order valence-electron chi connectivity index (χ1n) is 26.0. The molecule has 0 aliphatic heterocycles. The molecule has 8 nitrogen and oxygen atoms in total. The Bertz CT molecular complexity index is 1360. The monoisotopic (exact) mass is 929 g/mol. The van der Waals surface area contributed by atoms with Gasteiger partial charge in [-0.05, 0) is 96.3 Å². The number of rotatable bonds is 47. The Morgan fingerprint density at radius 2 is 0.892 bits per heavy atom. The SMILES string of the molecule is CC/C=C\C/C=C\C/C=C\C/C=C\C/C=C\C/C=C\C/C=C\CCCCCCOCC(COP(=O)(O)OCC[N+](C)(C)C)OC(=O)CCCCCCCCC/C=C\CCCCCCCC. The van der Waals surface area contributed by atoms with Crippen LogP contribution in [0, 0.1) is 0 Å². The highest BCUT2D eigenvalue weighted by Crippen LogP contribution is 2.43. The van der Waals surface area contributed by atoms with Crippen LogP contribution in [-0.4, -0.2) is 75.6 Å². The molecule has 0 aromatic heterocycles. The van der Waals surface area contributed by atoms with Crippen molar-refractivity contribution in [2.45, 2.75) is 200 Å². The van der Waals surface area contributed by atoms with Crippen LogP contribution >= 0.6 is 7.82 Å². The van der Waals surface area contributed by atoms with E-state index in [0.29, 0.717) is 24.1 Å². The second-order valence-electron chi connectivity index (χ2n) is 18.2. The molecule has 0 aromatic carbocycles. The predicted molar refractivity (Wildman–Crippen MR) is 279 cm³/mol. The topological polar surface area (TPSA) is 91.3 Å². The lowest BCUT2D eigenvalue weighted by Crippen LogP contribution is -2.37. The molecule has 374 valence electrons. The maximum atomic E-state index is 12.8. The van der Waals surface area contributed by atoms with Crippen molar-refractivity contribution in [3.8, 4) is 0 Å².